The normalized spacial score (nSPS) is 24.3. The second-order valence-electron chi connectivity index (χ2n) is 6.43. The number of carbonyl (C=O) groups excluding carboxylic acids is 1. The van der Waals surface area contributed by atoms with Crippen molar-refractivity contribution < 1.29 is 9.53 Å². The van der Waals surface area contributed by atoms with Crippen LogP contribution in [0.15, 0.2) is 30.6 Å². The number of amides is 1. The van der Waals surface area contributed by atoms with Gasteiger partial charge in [-0.25, -0.2) is 9.97 Å². The largest absolute Gasteiger partial charge is 0.467 e. The van der Waals surface area contributed by atoms with Crippen LogP contribution in [0.5, 0.6) is 5.88 Å². The molecule has 1 aromatic carbocycles. The third-order valence-corrected chi connectivity index (χ3v) is 4.90. The quantitative estimate of drug-likeness (QED) is 0.942. The Morgan fingerprint density at radius 2 is 2.09 bits per heavy atom. The Balaban J connectivity index is 1.60. The maximum absolute atomic E-state index is 12.2. The molecule has 1 fully saturated rings. The molecule has 0 unspecified atom stereocenters. The van der Waals surface area contributed by atoms with E-state index in [1.165, 1.54) is 19.2 Å². The third kappa shape index (κ3) is 3.60. The van der Waals surface area contributed by atoms with Crippen molar-refractivity contribution in [3.05, 3.63) is 30.6 Å². The van der Waals surface area contributed by atoms with E-state index in [-0.39, 0.29) is 18.6 Å². The van der Waals surface area contributed by atoms with Gasteiger partial charge in [-0.2, -0.15) is 0 Å². The van der Waals surface area contributed by atoms with E-state index < -0.39 is 0 Å². The Morgan fingerprint density at radius 3 is 2.96 bits per heavy atom. The molecule has 5 heteroatoms. The number of para-hydroxylation sites is 1. The molecule has 0 radical (unpaired) electrons. The summed E-state index contributed by atoms with van der Waals surface area (Å²) >= 11 is 0. The van der Waals surface area contributed by atoms with E-state index >= 15 is 0 Å². The summed E-state index contributed by atoms with van der Waals surface area (Å²) < 4.78 is 5.62. The lowest BCUT2D eigenvalue weighted by atomic mass is 9.78. The molecule has 1 N–H and O–H groups in total. The van der Waals surface area contributed by atoms with Crippen LogP contribution in [0.3, 0.4) is 0 Å². The minimum Gasteiger partial charge on any atom is -0.467 e. The van der Waals surface area contributed by atoms with Crippen LogP contribution in [0.25, 0.3) is 10.9 Å². The summed E-state index contributed by atoms with van der Waals surface area (Å²) in [7, 11) is 0. The molecule has 5 nitrogen and oxygen atoms in total. The number of fused-ring (bicyclic) bond motifs is 1. The van der Waals surface area contributed by atoms with Crippen molar-refractivity contribution in [1.29, 1.82) is 0 Å². The lowest BCUT2D eigenvalue weighted by Gasteiger charge is -2.34. The summed E-state index contributed by atoms with van der Waals surface area (Å²) in [5, 5.41) is 3.93. The van der Waals surface area contributed by atoms with E-state index in [1.807, 2.05) is 24.3 Å². The van der Waals surface area contributed by atoms with Gasteiger partial charge in [0, 0.05) is 6.04 Å². The van der Waals surface area contributed by atoms with Crippen LogP contribution in [0.4, 0.5) is 0 Å². The summed E-state index contributed by atoms with van der Waals surface area (Å²) in [4.78, 5) is 20.5. The molecule has 122 valence electrons. The van der Waals surface area contributed by atoms with Crippen LogP contribution in [0, 0.1) is 11.8 Å². The van der Waals surface area contributed by atoms with Crippen LogP contribution in [0.1, 0.15) is 33.1 Å². The molecule has 1 amide bonds. The van der Waals surface area contributed by atoms with Gasteiger partial charge in [-0.05, 0) is 30.4 Å². The van der Waals surface area contributed by atoms with Gasteiger partial charge < -0.3 is 10.1 Å². The number of hydrogen-bond acceptors (Lipinski definition) is 4. The number of hydrogen-bond donors (Lipinski definition) is 1. The van der Waals surface area contributed by atoms with Crippen molar-refractivity contribution in [3.8, 4) is 5.88 Å². The maximum atomic E-state index is 12.2. The van der Waals surface area contributed by atoms with E-state index in [2.05, 4.69) is 29.1 Å². The molecule has 23 heavy (non-hydrogen) atoms. The van der Waals surface area contributed by atoms with Crippen molar-refractivity contribution in [1.82, 2.24) is 15.3 Å². The molecule has 1 aliphatic rings. The molecule has 1 aliphatic carbocycles. The highest BCUT2D eigenvalue weighted by Gasteiger charge is 2.28. The number of benzene rings is 1. The molecule has 1 saturated carbocycles. The van der Waals surface area contributed by atoms with Gasteiger partial charge >= 0.3 is 0 Å². The van der Waals surface area contributed by atoms with E-state index in [9.17, 15) is 4.79 Å². The molecule has 1 aromatic heterocycles. The van der Waals surface area contributed by atoms with Crippen molar-refractivity contribution >= 4 is 16.8 Å². The number of aromatic nitrogens is 2. The monoisotopic (exact) mass is 313 g/mol. The number of nitrogens with zero attached hydrogens (tertiary/aromatic N) is 2. The summed E-state index contributed by atoms with van der Waals surface area (Å²) in [5.41, 5.74) is 0.813. The second kappa shape index (κ2) is 6.94. The molecule has 0 bridgehead atoms. The second-order valence-corrected chi connectivity index (χ2v) is 6.43. The van der Waals surface area contributed by atoms with E-state index in [4.69, 9.17) is 4.74 Å². The number of carbonyl (C=O) groups is 1. The first-order valence-electron chi connectivity index (χ1n) is 8.27. The van der Waals surface area contributed by atoms with Crippen LogP contribution in [-0.4, -0.2) is 28.5 Å². The fourth-order valence-electron chi connectivity index (χ4n) is 3.26. The van der Waals surface area contributed by atoms with Crippen molar-refractivity contribution in [2.45, 2.75) is 39.2 Å². The molecular formula is C18H23N3O2. The first-order chi connectivity index (χ1) is 11.1. The zero-order chi connectivity index (χ0) is 16.2. The SMILES string of the molecule is C[C@@H]1[C@@H](C)CCC[C@H]1NC(=O)COc1ncnc2ccccc12. The summed E-state index contributed by atoms with van der Waals surface area (Å²) in [6.07, 6.45) is 4.93. The Labute approximate surface area is 136 Å². The molecule has 1 heterocycles. The zero-order valence-corrected chi connectivity index (χ0v) is 13.7. The Hall–Kier alpha value is -2.17. The highest BCUT2D eigenvalue weighted by molar-refractivity contribution is 5.84. The first kappa shape index (κ1) is 15.7. The molecule has 0 aliphatic heterocycles. The molecule has 3 atom stereocenters. The minimum absolute atomic E-state index is 0.0153. The van der Waals surface area contributed by atoms with E-state index in [0.29, 0.717) is 17.7 Å². The predicted octanol–water partition coefficient (Wildman–Crippen LogP) is 2.95. The Morgan fingerprint density at radius 1 is 1.26 bits per heavy atom. The third-order valence-electron chi connectivity index (χ3n) is 4.90. The molecular weight excluding hydrogens is 290 g/mol. The van der Waals surface area contributed by atoms with Gasteiger partial charge in [-0.3, -0.25) is 4.79 Å². The van der Waals surface area contributed by atoms with Crippen LogP contribution < -0.4 is 10.1 Å². The average Bonchev–Trinajstić information content (AvgIpc) is 2.57. The minimum atomic E-state index is -0.0846. The molecule has 3 rings (SSSR count). The molecule has 2 aromatic rings. The Bertz CT molecular complexity index is 684. The fraction of sp³-hybridized carbons (Fsp3) is 0.500. The average molecular weight is 313 g/mol. The number of nitrogens with one attached hydrogen (secondary N) is 1. The molecule has 0 spiro atoms. The van der Waals surface area contributed by atoms with Gasteiger partial charge in [0.05, 0.1) is 10.9 Å². The fourth-order valence-corrected chi connectivity index (χ4v) is 3.26. The van der Waals surface area contributed by atoms with Gasteiger partial charge in [-0.15, -0.1) is 0 Å². The number of rotatable bonds is 4. The maximum Gasteiger partial charge on any atom is 0.258 e. The molecule has 0 saturated heterocycles. The van der Waals surface area contributed by atoms with Gasteiger partial charge in [-0.1, -0.05) is 38.8 Å². The van der Waals surface area contributed by atoms with Crippen LogP contribution in [0.2, 0.25) is 0 Å². The van der Waals surface area contributed by atoms with Crippen molar-refractivity contribution in [3.63, 3.8) is 0 Å². The number of ether oxygens (including phenoxy) is 1. The first-order valence-corrected chi connectivity index (χ1v) is 8.27. The predicted molar refractivity (Wildman–Crippen MR) is 89.1 cm³/mol. The van der Waals surface area contributed by atoms with Crippen molar-refractivity contribution in [2.75, 3.05) is 6.61 Å². The highest BCUT2D eigenvalue weighted by Crippen LogP contribution is 2.29. The van der Waals surface area contributed by atoms with Gasteiger partial charge in [0.2, 0.25) is 5.88 Å². The van der Waals surface area contributed by atoms with Crippen LogP contribution in [-0.2, 0) is 4.79 Å². The standard InChI is InChI=1S/C18H23N3O2/c1-12-6-5-9-15(13(12)2)21-17(22)10-23-18-14-7-3-4-8-16(14)19-11-20-18/h3-4,7-8,11-13,15H,5-6,9-10H2,1-2H3,(H,21,22)/t12-,13+,15+/m0/s1. The van der Waals surface area contributed by atoms with E-state index in [0.717, 1.165) is 17.3 Å². The topological polar surface area (TPSA) is 64.1 Å². The zero-order valence-electron chi connectivity index (χ0n) is 13.7. The summed E-state index contributed by atoms with van der Waals surface area (Å²) in [6.45, 7) is 4.46. The van der Waals surface area contributed by atoms with Gasteiger partial charge in [0.1, 0.15) is 6.33 Å². The van der Waals surface area contributed by atoms with Crippen LogP contribution >= 0.6 is 0 Å². The summed E-state index contributed by atoms with van der Waals surface area (Å²) in [6, 6.07) is 7.86. The smallest absolute Gasteiger partial charge is 0.258 e. The Kier molecular flexibility index (Phi) is 4.74. The van der Waals surface area contributed by atoms with E-state index in [1.54, 1.807) is 0 Å². The summed E-state index contributed by atoms with van der Waals surface area (Å²) in [5.74, 6) is 1.53. The lowest BCUT2D eigenvalue weighted by Crippen LogP contribution is -2.45. The lowest BCUT2D eigenvalue weighted by molar-refractivity contribution is -0.124. The highest BCUT2D eigenvalue weighted by atomic mass is 16.5. The van der Waals surface area contributed by atoms with Gasteiger partial charge in [0.15, 0.2) is 6.61 Å². The van der Waals surface area contributed by atoms with Crippen molar-refractivity contribution in [2.24, 2.45) is 11.8 Å². The van der Waals surface area contributed by atoms with Gasteiger partial charge in [0.25, 0.3) is 5.91 Å².